The van der Waals surface area contributed by atoms with Gasteiger partial charge in [-0.05, 0) is 42.7 Å². The molecule has 1 aliphatic rings. The van der Waals surface area contributed by atoms with Crippen LogP contribution in [0.2, 0.25) is 0 Å². The highest BCUT2D eigenvalue weighted by molar-refractivity contribution is 7.94. The zero-order valence-electron chi connectivity index (χ0n) is 10.6. The molecule has 0 radical (unpaired) electrons. The number of rotatable bonds is 4. The maximum atomic E-state index is 12.2. The first-order valence-corrected chi connectivity index (χ1v) is 9.46. The quantitative estimate of drug-likeness (QED) is 0.902. The summed E-state index contributed by atoms with van der Waals surface area (Å²) in [5.41, 5.74) is 1.63. The maximum absolute atomic E-state index is 12.2. The van der Waals surface area contributed by atoms with Gasteiger partial charge in [0.2, 0.25) is 0 Å². The van der Waals surface area contributed by atoms with Crippen LogP contribution in [0.1, 0.15) is 29.0 Å². The lowest BCUT2D eigenvalue weighted by molar-refractivity contribution is 0.282. The van der Waals surface area contributed by atoms with E-state index in [0.717, 1.165) is 42.7 Å². The number of fused-ring (bicyclic) bond motifs is 1. The number of nitrogens with zero attached hydrogens (tertiary/aromatic N) is 1. The van der Waals surface area contributed by atoms with Crippen molar-refractivity contribution in [1.82, 2.24) is 4.98 Å². The second kappa shape index (κ2) is 5.44. The van der Waals surface area contributed by atoms with E-state index >= 15 is 0 Å². The van der Waals surface area contributed by atoms with Gasteiger partial charge in [-0.1, -0.05) is 0 Å². The summed E-state index contributed by atoms with van der Waals surface area (Å²) in [7, 11) is -3.60. The number of hydrogen-bond acceptors (Lipinski definition) is 6. The second-order valence-electron chi connectivity index (χ2n) is 4.63. The molecule has 2 aromatic heterocycles. The van der Waals surface area contributed by atoms with Crippen LogP contribution in [0.15, 0.2) is 15.7 Å². The van der Waals surface area contributed by atoms with Crippen LogP contribution in [0, 0.1) is 0 Å². The lowest BCUT2D eigenvalue weighted by atomic mass is 10.0. The van der Waals surface area contributed by atoms with Crippen LogP contribution in [0.4, 0.5) is 5.13 Å². The Hall–Kier alpha value is -0.960. The van der Waals surface area contributed by atoms with E-state index < -0.39 is 10.0 Å². The van der Waals surface area contributed by atoms with Gasteiger partial charge in [-0.3, -0.25) is 4.72 Å². The summed E-state index contributed by atoms with van der Waals surface area (Å²) in [6.45, 7) is -0.155. The SMILES string of the molecule is O=S(=O)(Nc1nc2c(s1)CCCC2)c1cc(CO)cs1. The van der Waals surface area contributed by atoms with Gasteiger partial charge in [-0.25, -0.2) is 13.4 Å². The number of hydrogen-bond donors (Lipinski definition) is 2. The third-order valence-electron chi connectivity index (χ3n) is 3.14. The lowest BCUT2D eigenvalue weighted by Crippen LogP contribution is -2.11. The van der Waals surface area contributed by atoms with Crippen molar-refractivity contribution in [2.45, 2.75) is 36.5 Å². The molecule has 0 bridgehead atoms. The predicted molar refractivity (Wildman–Crippen MR) is 79.8 cm³/mol. The number of aliphatic hydroxyl groups is 1. The fourth-order valence-electron chi connectivity index (χ4n) is 2.14. The minimum Gasteiger partial charge on any atom is -0.392 e. The Balaban J connectivity index is 1.84. The largest absolute Gasteiger partial charge is 0.392 e. The number of sulfonamides is 1. The molecule has 8 heteroatoms. The van der Waals surface area contributed by atoms with E-state index in [2.05, 4.69) is 9.71 Å². The van der Waals surface area contributed by atoms with E-state index in [-0.39, 0.29) is 10.8 Å². The lowest BCUT2D eigenvalue weighted by Gasteiger charge is -2.06. The van der Waals surface area contributed by atoms with Crippen molar-refractivity contribution in [3.63, 3.8) is 0 Å². The first kappa shape index (κ1) is 14.0. The van der Waals surface area contributed by atoms with Crippen molar-refractivity contribution < 1.29 is 13.5 Å². The summed E-state index contributed by atoms with van der Waals surface area (Å²) in [5.74, 6) is 0. The van der Waals surface area contributed by atoms with Crippen LogP contribution in [-0.2, 0) is 29.5 Å². The van der Waals surface area contributed by atoms with Crippen molar-refractivity contribution in [3.8, 4) is 0 Å². The van der Waals surface area contributed by atoms with Gasteiger partial charge in [0.1, 0.15) is 4.21 Å². The molecular weight excluding hydrogens is 316 g/mol. The Labute approximate surface area is 125 Å². The minimum atomic E-state index is -3.60. The molecule has 0 aliphatic heterocycles. The van der Waals surface area contributed by atoms with Gasteiger partial charge < -0.3 is 5.11 Å². The molecule has 0 aromatic carbocycles. The molecule has 3 rings (SSSR count). The number of aryl methyl sites for hydroxylation is 2. The third kappa shape index (κ3) is 2.73. The van der Waals surface area contributed by atoms with Crippen molar-refractivity contribution in [2.24, 2.45) is 0 Å². The highest BCUT2D eigenvalue weighted by Gasteiger charge is 2.21. The molecule has 2 aromatic rings. The van der Waals surface area contributed by atoms with Gasteiger partial charge >= 0.3 is 0 Å². The fraction of sp³-hybridized carbons (Fsp3) is 0.417. The van der Waals surface area contributed by atoms with Crippen LogP contribution >= 0.6 is 22.7 Å². The van der Waals surface area contributed by atoms with E-state index in [9.17, 15) is 8.42 Å². The molecule has 0 atom stereocenters. The summed E-state index contributed by atoms with van der Waals surface area (Å²) in [4.78, 5) is 5.56. The van der Waals surface area contributed by atoms with Crippen LogP contribution in [0.5, 0.6) is 0 Å². The Morgan fingerprint density at radius 1 is 1.35 bits per heavy atom. The monoisotopic (exact) mass is 330 g/mol. The normalized spacial score (nSPS) is 15.1. The molecule has 0 spiro atoms. The molecule has 5 nitrogen and oxygen atoms in total. The van der Waals surface area contributed by atoms with Gasteiger partial charge in [-0.2, -0.15) is 0 Å². The van der Waals surface area contributed by atoms with Crippen molar-refractivity contribution in [3.05, 3.63) is 27.6 Å². The van der Waals surface area contributed by atoms with E-state index in [1.54, 1.807) is 5.38 Å². The number of aliphatic hydroxyl groups excluding tert-OH is 1. The average molecular weight is 330 g/mol. The van der Waals surface area contributed by atoms with Crippen molar-refractivity contribution >= 4 is 37.8 Å². The zero-order chi connectivity index (χ0) is 14.2. The first-order valence-electron chi connectivity index (χ1n) is 6.28. The van der Waals surface area contributed by atoms with Crippen LogP contribution in [-0.4, -0.2) is 18.5 Å². The average Bonchev–Trinajstić information content (AvgIpc) is 3.04. The van der Waals surface area contributed by atoms with E-state index in [0.29, 0.717) is 10.7 Å². The van der Waals surface area contributed by atoms with Gasteiger partial charge in [0.15, 0.2) is 5.13 Å². The summed E-state index contributed by atoms with van der Waals surface area (Å²) < 4.78 is 27.2. The van der Waals surface area contributed by atoms with E-state index in [1.165, 1.54) is 22.3 Å². The molecule has 0 saturated carbocycles. The summed E-state index contributed by atoms with van der Waals surface area (Å²) >= 11 is 2.52. The molecule has 108 valence electrons. The van der Waals surface area contributed by atoms with Crippen molar-refractivity contribution in [2.75, 3.05) is 4.72 Å². The van der Waals surface area contributed by atoms with Gasteiger partial charge in [0.05, 0.1) is 12.3 Å². The van der Waals surface area contributed by atoms with E-state index in [1.807, 2.05) is 0 Å². The molecule has 0 fully saturated rings. The third-order valence-corrected chi connectivity index (χ3v) is 7.17. The molecule has 0 amide bonds. The van der Waals surface area contributed by atoms with Crippen LogP contribution in [0.3, 0.4) is 0 Å². The number of anilines is 1. The van der Waals surface area contributed by atoms with Gasteiger partial charge in [0.25, 0.3) is 10.0 Å². The Kier molecular flexibility index (Phi) is 3.80. The van der Waals surface area contributed by atoms with Gasteiger partial charge in [-0.15, -0.1) is 22.7 Å². The molecular formula is C12H14N2O3S3. The summed E-state index contributed by atoms with van der Waals surface area (Å²) in [6, 6.07) is 1.49. The van der Waals surface area contributed by atoms with Crippen molar-refractivity contribution in [1.29, 1.82) is 0 Å². The Bertz CT molecular complexity index is 695. The standard InChI is InChI=1S/C12H14N2O3S3/c15-6-8-5-11(18-7-8)20(16,17)14-12-13-9-3-1-2-4-10(9)19-12/h5,7,15H,1-4,6H2,(H,13,14). The molecule has 2 N–H and O–H groups in total. The fourth-order valence-corrected chi connectivity index (χ4v) is 5.62. The summed E-state index contributed by atoms with van der Waals surface area (Å²) in [6.07, 6.45) is 4.18. The smallest absolute Gasteiger partial charge is 0.273 e. The molecule has 0 saturated heterocycles. The summed E-state index contributed by atoms with van der Waals surface area (Å²) in [5, 5.41) is 11.1. The topological polar surface area (TPSA) is 79.3 Å². The minimum absolute atomic E-state index is 0.155. The molecule has 20 heavy (non-hydrogen) atoms. The molecule has 1 aliphatic carbocycles. The number of thiazole rings is 1. The predicted octanol–water partition coefficient (Wildman–Crippen LogP) is 2.38. The molecule has 0 unspecified atom stereocenters. The highest BCUT2D eigenvalue weighted by atomic mass is 32.2. The number of thiophene rings is 1. The highest BCUT2D eigenvalue weighted by Crippen LogP contribution is 2.31. The Morgan fingerprint density at radius 3 is 2.85 bits per heavy atom. The number of nitrogens with one attached hydrogen (secondary N) is 1. The van der Waals surface area contributed by atoms with E-state index in [4.69, 9.17) is 5.11 Å². The second-order valence-corrected chi connectivity index (χ2v) is 8.54. The van der Waals surface area contributed by atoms with Crippen LogP contribution < -0.4 is 4.72 Å². The van der Waals surface area contributed by atoms with Gasteiger partial charge in [0, 0.05) is 4.88 Å². The maximum Gasteiger partial charge on any atom is 0.273 e. The number of aromatic nitrogens is 1. The molecule has 2 heterocycles. The van der Waals surface area contributed by atoms with Crippen LogP contribution in [0.25, 0.3) is 0 Å². The Morgan fingerprint density at radius 2 is 2.15 bits per heavy atom. The zero-order valence-corrected chi connectivity index (χ0v) is 13.1. The first-order chi connectivity index (χ1) is 9.58.